The van der Waals surface area contributed by atoms with Crippen LogP contribution in [0.5, 0.6) is 0 Å². The van der Waals surface area contributed by atoms with Crippen molar-refractivity contribution < 1.29 is 19.4 Å². The number of nitrogens with zero attached hydrogens (tertiary/aromatic N) is 1. The van der Waals surface area contributed by atoms with E-state index in [0.29, 0.717) is 0 Å². The number of carboxylic acids is 1. The van der Waals surface area contributed by atoms with E-state index >= 15 is 0 Å². The molecule has 132 valence electrons. The van der Waals surface area contributed by atoms with Gasteiger partial charge in [-0.25, -0.2) is 4.79 Å². The number of pyridine rings is 1. The summed E-state index contributed by atoms with van der Waals surface area (Å²) >= 11 is 0. The summed E-state index contributed by atoms with van der Waals surface area (Å²) in [6, 6.07) is 9.94. The van der Waals surface area contributed by atoms with Gasteiger partial charge in [-0.3, -0.25) is 4.98 Å². The fourth-order valence-electron chi connectivity index (χ4n) is 2.69. The van der Waals surface area contributed by atoms with E-state index in [2.05, 4.69) is 11.9 Å². The minimum atomic E-state index is -1.46. The lowest BCUT2D eigenvalue weighted by atomic mass is 9.99. The molecule has 0 amide bonds. The average molecular weight is 341 g/mol. The molecule has 3 rings (SSSR count). The number of benzene rings is 1. The smallest absolute Gasteiger partial charge is 0.342 e. The van der Waals surface area contributed by atoms with Crippen molar-refractivity contribution in [1.29, 1.82) is 0 Å². The molecule has 0 aliphatic carbocycles. The summed E-state index contributed by atoms with van der Waals surface area (Å²) in [6.07, 6.45) is 4.20. The summed E-state index contributed by atoms with van der Waals surface area (Å²) in [6.45, 7) is 6.03. The van der Waals surface area contributed by atoms with E-state index in [9.17, 15) is 9.90 Å². The van der Waals surface area contributed by atoms with Crippen molar-refractivity contribution in [3.8, 4) is 0 Å². The number of fused-ring (bicyclic) bond motifs is 1. The Bertz CT molecular complexity index is 816. The molecule has 0 saturated carbocycles. The van der Waals surface area contributed by atoms with Crippen LogP contribution in [-0.2, 0) is 20.7 Å². The highest BCUT2D eigenvalue weighted by molar-refractivity contribution is 5.84. The molecule has 2 heterocycles. The fourth-order valence-corrected chi connectivity index (χ4v) is 2.69. The summed E-state index contributed by atoms with van der Waals surface area (Å²) in [5, 5.41) is 10.7. The van der Waals surface area contributed by atoms with Crippen LogP contribution in [0.3, 0.4) is 0 Å². The van der Waals surface area contributed by atoms with Gasteiger partial charge in [-0.05, 0) is 44.0 Å². The Balaban J connectivity index is 1.88. The van der Waals surface area contributed by atoms with Crippen LogP contribution >= 0.6 is 0 Å². The highest BCUT2D eigenvalue weighted by Crippen LogP contribution is 2.28. The number of rotatable bonds is 4. The first-order valence-corrected chi connectivity index (χ1v) is 8.44. The molecule has 1 fully saturated rings. The second-order valence-electron chi connectivity index (χ2n) is 6.97. The highest BCUT2D eigenvalue weighted by Gasteiger charge is 2.44. The zero-order chi connectivity index (χ0) is 18.1. The molecule has 1 atom stereocenters. The molecule has 1 unspecified atom stereocenters. The Labute approximate surface area is 147 Å². The van der Waals surface area contributed by atoms with Gasteiger partial charge >= 0.3 is 5.97 Å². The molecule has 0 bridgehead atoms. The van der Waals surface area contributed by atoms with Crippen molar-refractivity contribution in [1.82, 2.24) is 4.98 Å². The summed E-state index contributed by atoms with van der Waals surface area (Å²) in [4.78, 5) is 16.4. The molecule has 0 spiro atoms. The third-order valence-corrected chi connectivity index (χ3v) is 4.40. The maximum atomic E-state index is 11.7. The molecule has 1 N–H and O–H groups in total. The molecule has 1 saturated heterocycles. The minimum absolute atomic E-state index is 0.0162. The molecule has 2 aromatic rings. The highest BCUT2D eigenvalue weighted by atomic mass is 16.6. The van der Waals surface area contributed by atoms with E-state index in [1.807, 2.05) is 44.2 Å². The molecule has 1 aliphatic rings. The summed E-state index contributed by atoms with van der Waals surface area (Å²) in [5.41, 5.74) is 0.872. The topological polar surface area (TPSA) is 68.7 Å². The first kappa shape index (κ1) is 17.6. The lowest BCUT2D eigenvalue weighted by Gasteiger charge is -2.39. The Morgan fingerprint density at radius 3 is 2.64 bits per heavy atom. The summed E-state index contributed by atoms with van der Waals surface area (Å²) in [7, 11) is 0. The quantitative estimate of drug-likeness (QED) is 0.922. The first-order valence-electron chi connectivity index (χ1n) is 8.44. The zero-order valence-corrected chi connectivity index (χ0v) is 14.8. The van der Waals surface area contributed by atoms with E-state index in [1.54, 1.807) is 12.2 Å². The second-order valence-corrected chi connectivity index (χ2v) is 6.97. The number of hydrogen-bond donors (Lipinski definition) is 1. The van der Waals surface area contributed by atoms with Crippen molar-refractivity contribution in [3.63, 3.8) is 0 Å². The maximum absolute atomic E-state index is 11.7. The van der Waals surface area contributed by atoms with Crippen LogP contribution in [0.1, 0.15) is 32.0 Å². The van der Waals surface area contributed by atoms with E-state index in [4.69, 9.17) is 9.47 Å². The third kappa shape index (κ3) is 3.72. The van der Waals surface area contributed by atoms with Crippen LogP contribution in [0.25, 0.3) is 17.0 Å². The monoisotopic (exact) mass is 341 g/mol. The van der Waals surface area contributed by atoms with E-state index in [-0.39, 0.29) is 13.2 Å². The van der Waals surface area contributed by atoms with Crippen LogP contribution in [0.2, 0.25) is 0 Å². The largest absolute Gasteiger partial charge is 0.479 e. The maximum Gasteiger partial charge on any atom is 0.342 e. The Morgan fingerprint density at radius 2 is 2.00 bits per heavy atom. The standard InChI is InChI=1S/C20H23NO4/c1-4-16-8-7-15-6-5-14(11-17(15)21-16)9-10-20(18(22)23)13-24-19(2,3)12-25-20/h5-11H,4,12-13H2,1-3H3,(H,22,23)/b10-9+. The average Bonchev–Trinajstić information content (AvgIpc) is 2.60. The number of carboxylic acid groups (broad SMARTS) is 1. The van der Waals surface area contributed by atoms with Crippen LogP contribution < -0.4 is 0 Å². The van der Waals surface area contributed by atoms with Gasteiger partial charge in [-0.2, -0.15) is 0 Å². The van der Waals surface area contributed by atoms with Gasteiger partial charge in [0.15, 0.2) is 0 Å². The molecular formula is C20H23NO4. The molecule has 1 aromatic heterocycles. The molecule has 25 heavy (non-hydrogen) atoms. The molecule has 0 radical (unpaired) electrons. The van der Waals surface area contributed by atoms with Crippen molar-refractivity contribution in [2.24, 2.45) is 0 Å². The number of carbonyl (C=O) groups is 1. The summed E-state index contributed by atoms with van der Waals surface area (Å²) in [5.74, 6) is -1.05. The number of hydrogen-bond acceptors (Lipinski definition) is 4. The summed E-state index contributed by atoms with van der Waals surface area (Å²) < 4.78 is 11.3. The SMILES string of the molecule is CCc1ccc2ccc(/C=C/C3(C(=O)O)COC(C)(C)CO3)cc2n1. The predicted molar refractivity (Wildman–Crippen MR) is 96.5 cm³/mol. The van der Waals surface area contributed by atoms with Crippen molar-refractivity contribution in [2.45, 2.75) is 38.4 Å². The van der Waals surface area contributed by atoms with Gasteiger partial charge in [0.05, 0.1) is 24.3 Å². The Hall–Kier alpha value is -2.24. The number of ether oxygens (including phenoxy) is 2. The molecule has 1 aromatic carbocycles. The molecular weight excluding hydrogens is 318 g/mol. The van der Waals surface area contributed by atoms with Crippen LogP contribution in [0.4, 0.5) is 0 Å². The predicted octanol–water partition coefficient (Wildman–Crippen LogP) is 3.46. The molecule has 5 nitrogen and oxygen atoms in total. The van der Waals surface area contributed by atoms with Crippen LogP contribution in [0.15, 0.2) is 36.4 Å². The van der Waals surface area contributed by atoms with Gasteiger partial charge in [-0.15, -0.1) is 0 Å². The molecule has 1 aliphatic heterocycles. The number of aryl methyl sites for hydroxylation is 1. The van der Waals surface area contributed by atoms with Gasteiger partial charge in [0.2, 0.25) is 5.60 Å². The number of aliphatic carboxylic acids is 1. The minimum Gasteiger partial charge on any atom is -0.479 e. The van der Waals surface area contributed by atoms with E-state index in [0.717, 1.165) is 28.6 Å². The second kappa shape index (κ2) is 6.58. The number of aromatic nitrogens is 1. The van der Waals surface area contributed by atoms with Gasteiger partial charge in [0, 0.05) is 11.1 Å². The lowest BCUT2D eigenvalue weighted by Crippen LogP contribution is -2.54. The Kier molecular flexibility index (Phi) is 4.62. The van der Waals surface area contributed by atoms with E-state index < -0.39 is 17.2 Å². The van der Waals surface area contributed by atoms with Crippen molar-refractivity contribution in [2.75, 3.05) is 13.2 Å². The van der Waals surface area contributed by atoms with Crippen LogP contribution in [0, 0.1) is 0 Å². The van der Waals surface area contributed by atoms with Crippen molar-refractivity contribution >= 4 is 22.9 Å². The van der Waals surface area contributed by atoms with Gasteiger partial charge < -0.3 is 14.6 Å². The third-order valence-electron chi connectivity index (χ3n) is 4.40. The van der Waals surface area contributed by atoms with E-state index in [1.165, 1.54) is 0 Å². The van der Waals surface area contributed by atoms with Crippen molar-refractivity contribution in [3.05, 3.63) is 47.7 Å². The van der Waals surface area contributed by atoms with Gasteiger partial charge in [0.25, 0.3) is 0 Å². The first-order chi connectivity index (χ1) is 11.8. The zero-order valence-electron chi connectivity index (χ0n) is 14.8. The molecule has 5 heteroatoms. The normalized spacial score (nSPS) is 23.2. The Morgan fingerprint density at radius 1 is 1.24 bits per heavy atom. The van der Waals surface area contributed by atoms with Gasteiger partial charge in [0.1, 0.15) is 0 Å². The fraction of sp³-hybridized carbons (Fsp3) is 0.400. The lowest BCUT2D eigenvalue weighted by molar-refractivity contribution is -0.216. The van der Waals surface area contributed by atoms with Crippen LogP contribution in [-0.4, -0.2) is 40.5 Å². The van der Waals surface area contributed by atoms with Gasteiger partial charge in [-0.1, -0.05) is 31.2 Å².